The molecule has 2 fully saturated rings. The number of rotatable bonds is 8. The van der Waals surface area contributed by atoms with Crippen molar-refractivity contribution in [3.63, 3.8) is 0 Å². The zero-order valence-electron chi connectivity index (χ0n) is 21.5. The molecule has 4 amide bonds. The zero-order chi connectivity index (χ0) is 29.6. The monoisotopic (exact) mass is 588 g/mol. The Morgan fingerprint density at radius 3 is 2.27 bits per heavy atom. The molecule has 1 aliphatic carbocycles. The molecule has 41 heavy (non-hydrogen) atoms. The number of aromatic nitrogens is 1. The van der Waals surface area contributed by atoms with Crippen molar-refractivity contribution in [1.29, 1.82) is 0 Å². The zero-order valence-corrected chi connectivity index (χ0v) is 22.3. The van der Waals surface area contributed by atoms with Crippen LogP contribution in [0, 0.1) is 0 Å². The van der Waals surface area contributed by atoms with Crippen LogP contribution in [-0.2, 0) is 27.7 Å². The van der Waals surface area contributed by atoms with Crippen LogP contribution in [0.5, 0.6) is 5.75 Å². The fraction of sp³-hybridized carbons (Fsp3) is 0.259. The molecule has 0 radical (unpaired) electrons. The first-order chi connectivity index (χ1) is 19.4. The molecular weight excluding hydrogens is 565 g/mol. The van der Waals surface area contributed by atoms with Crippen molar-refractivity contribution in [3.05, 3.63) is 83.7 Å². The number of ether oxygens (including phenoxy) is 1. The number of methoxy groups -OCH3 is 1. The van der Waals surface area contributed by atoms with Crippen molar-refractivity contribution in [2.24, 2.45) is 0 Å². The number of pyridine rings is 1. The minimum Gasteiger partial charge on any atom is -0.497 e. The summed E-state index contributed by atoms with van der Waals surface area (Å²) >= 11 is 0. The molecule has 214 valence electrons. The van der Waals surface area contributed by atoms with Gasteiger partial charge in [0.25, 0.3) is 21.7 Å². The summed E-state index contributed by atoms with van der Waals surface area (Å²) in [6.45, 7) is 0.220. The fourth-order valence-corrected chi connectivity index (χ4v) is 5.33. The Morgan fingerprint density at radius 2 is 1.68 bits per heavy atom. The summed E-state index contributed by atoms with van der Waals surface area (Å²) in [6.07, 6.45) is 2.18. The lowest BCUT2D eigenvalue weighted by Crippen LogP contribution is -2.36. The van der Waals surface area contributed by atoms with Gasteiger partial charge in [0.1, 0.15) is 17.0 Å². The minimum absolute atomic E-state index is 0.0249. The summed E-state index contributed by atoms with van der Waals surface area (Å²) in [5, 5.41) is 2.77. The molecule has 1 saturated heterocycles. The van der Waals surface area contributed by atoms with Gasteiger partial charge in [-0.05, 0) is 72.5 Å². The van der Waals surface area contributed by atoms with Gasteiger partial charge in [0.15, 0.2) is 0 Å². The van der Waals surface area contributed by atoms with Crippen molar-refractivity contribution in [2.45, 2.75) is 41.9 Å². The number of anilines is 1. The predicted octanol–water partition coefficient (Wildman–Crippen LogP) is 3.82. The number of imide groups is 1. The van der Waals surface area contributed by atoms with E-state index in [0.717, 1.165) is 22.6 Å². The second-order valence-corrected chi connectivity index (χ2v) is 11.5. The number of nitrogens with one attached hydrogen (secondary N) is 1. The molecule has 0 atom stereocenters. The number of nitrogens with zero attached hydrogens (tertiary/aromatic N) is 3. The Kier molecular flexibility index (Phi) is 6.97. The highest BCUT2D eigenvalue weighted by atomic mass is 32.2. The van der Waals surface area contributed by atoms with Crippen molar-refractivity contribution in [3.8, 4) is 5.75 Å². The van der Waals surface area contributed by atoms with Gasteiger partial charge in [-0.15, -0.1) is 0 Å². The van der Waals surface area contributed by atoms with Crippen molar-refractivity contribution in [2.75, 3.05) is 12.0 Å². The van der Waals surface area contributed by atoms with Crippen molar-refractivity contribution < 1.29 is 40.7 Å². The van der Waals surface area contributed by atoms with Crippen LogP contribution in [-0.4, -0.2) is 54.3 Å². The lowest BCUT2D eigenvalue weighted by molar-refractivity contribution is -0.120. The van der Waals surface area contributed by atoms with E-state index in [4.69, 9.17) is 4.74 Å². The maximum atomic E-state index is 13.4. The fourth-order valence-electron chi connectivity index (χ4n) is 4.57. The molecular formula is C27H23F3N4O6S. The Labute approximate surface area is 232 Å². The molecule has 2 aromatic carbocycles. The number of hydrogen-bond acceptors (Lipinski definition) is 7. The second kappa shape index (κ2) is 10.2. The smallest absolute Gasteiger partial charge is 0.497 e. The molecule has 2 aliphatic rings. The molecule has 5 rings (SSSR count). The normalized spacial score (nSPS) is 16.3. The van der Waals surface area contributed by atoms with Crippen LogP contribution in [0.25, 0.3) is 0 Å². The topological polar surface area (TPSA) is 126 Å². The average Bonchev–Trinajstić information content (AvgIpc) is 3.73. The quantitative estimate of drug-likeness (QED) is 0.397. The molecule has 0 unspecified atom stereocenters. The number of halogens is 3. The maximum Gasteiger partial charge on any atom is 0.501 e. The van der Waals surface area contributed by atoms with Crippen LogP contribution in [0.4, 0.5) is 23.7 Å². The van der Waals surface area contributed by atoms with Crippen LogP contribution in [0.3, 0.4) is 0 Å². The van der Waals surface area contributed by atoms with E-state index in [1.807, 2.05) is 12.1 Å². The lowest BCUT2D eigenvalue weighted by atomic mass is 10.1. The Bertz CT molecular complexity index is 1620. The Balaban J connectivity index is 1.31. The third-order valence-electron chi connectivity index (χ3n) is 6.98. The van der Waals surface area contributed by atoms with E-state index < -0.39 is 43.6 Å². The van der Waals surface area contributed by atoms with E-state index >= 15 is 0 Å². The number of benzene rings is 2. The van der Waals surface area contributed by atoms with Crippen LogP contribution in [0.1, 0.15) is 34.5 Å². The van der Waals surface area contributed by atoms with Gasteiger partial charge < -0.3 is 15.0 Å². The molecule has 14 heteroatoms. The van der Waals surface area contributed by atoms with Crippen molar-refractivity contribution >= 4 is 33.4 Å². The predicted molar refractivity (Wildman–Crippen MR) is 138 cm³/mol. The van der Waals surface area contributed by atoms with E-state index in [2.05, 4.69) is 10.3 Å². The molecule has 1 aromatic heterocycles. The number of amides is 4. The van der Waals surface area contributed by atoms with E-state index in [1.54, 1.807) is 25.3 Å². The van der Waals surface area contributed by atoms with E-state index in [-0.39, 0.29) is 24.5 Å². The highest BCUT2D eigenvalue weighted by Gasteiger charge is 2.65. The molecule has 1 N–H and O–H groups in total. The SMILES string of the molecule is COc1ccc(CNC(=O)c2cc(CN3C(=O)N(c4ccc(S(=O)(=O)C(F)(F)F)cc4)C(=O)C34CC4)ccn2)cc1. The van der Waals surface area contributed by atoms with Gasteiger partial charge in [-0.3, -0.25) is 14.6 Å². The lowest BCUT2D eigenvalue weighted by Gasteiger charge is -2.21. The largest absolute Gasteiger partial charge is 0.501 e. The van der Waals surface area contributed by atoms with Gasteiger partial charge in [0, 0.05) is 19.3 Å². The number of urea groups is 1. The summed E-state index contributed by atoms with van der Waals surface area (Å²) < 4.78 is 67.1. The molecule has 3 aromatic rings. The maximum absolute atomic E-state index is 13.4. The molecule has 1 spiro atoms. The van der Waals surface area contributed by atoms with E-state index in [9.17, 15) is 36.0 Å². The number of carbonyl (C=O) groups is 3. The van der Waals surface area contributed by atoms with Crippen molar-refractivity contribution in [1.82, 2.24) is 15.2 Å². The van der Waals surface area contributed by atoms with Gasteiger partial charge in [-0.1, -0.05) is 12.1 Å². The van der Waals surface area contributed by atoms with Gasteiger partial charge in [0.05, 0.1) is 17.7 Å². The minimum atomic E-state index is -5.58. The highest BCUT2D eigenvalue weighted by molar-refractivity contribution is 7.92. The van der Waals surface area contributed by atoms with E-state index in [1.165, 1.54) is 17.2 Å². The van der Waals surface area contributed by atoms with Gasteiger partial charge in [-0.25, -0.2) is 18.1 Å². The molecule has 1 saturated carbocycles. The summed E-state index contributed by atoms with van der Waals surface area (Å²) in [5.41, 5.74) is -5.17. The first-order valence-electron chi connectivity index (χ1n) is 12.3. The Morgan fingerprint density at radius 1 is 1.02 bits per heavy atom. The van der Waals surface area contributed by atoms with Crippen LogP contribution >= 0.6 is 0 Å². The number of alkyl halides is 3. The van der Waals surface area contributed by atoms with E-state index in [0.29, 0.717) is 36.3 Å². The van der Waals surface area contributed by atoms with Gasteiger partial charge >= 0.3 is 11.5 Å². The molecule has 10 nitrogen and oxygen atoms in total. The summed E-state index contributed by atoms with van der Waals surface area (Å²) in [6, 6.07) is 13.0. The third-order valence-corrected chi connectivity index (χ3v) is 8.49. The van der Waals surface area contributed by atoms with Gasteiger partial charge in [-0.2, -0.15) is 13.2 Å². The molecule has 2 heterocycles. The number of sulfone groups is 1. The number of hydrogen-bond donors (Lipinski definition) is 1. The second-order valence-electron chi connectivity index (χ2n) is 9.56. The first kappa shape index (κ1) is 28.1. The van der Waals surface area contributed by atoms with Crippen LogP contribution in [0.2, 0.25) is 0 Å². The van der Waals surface area contributed by atoms with Crippen LogP contribution in [0.15, 0.2) is 71.8 Å². The molecule has 0 bridgehead atoms. The highest BCUT2D eigenvalue weighted by Crippen LogP contribution is 2.49. The first-order valence-corrected chi connectivity index (χ1v) is 13.8. The Hall–Kier alpha value is -4.46. The standard InChI is InChI=1S/C27H23F3N4O6S/c1-40-20-6-2-17(3-7-20)15-32-23(35)22-14-18(10-13-31-22)16-33-25(37)34(24(36)26(33)11-12-26)19-4-8-21(9-5-19)41(38,39)27(28,29)30/h2-10,13-14H,11-12,15-16H2,1H3,(H,32,35). The van der Waals surface area contributed by atoms with Gasteiger partial charge in [0.2, 0.25) is 0 Å². The summed E-state index contributed by atoms with van der Waals surface area (Å²) in [4.78, 5) is 44.6. The summed E-state index contributed by atoms with van der Waals surface area (Å²) in [5.74, 6) is -0.314. The number of carbonyl (C=O) groups excluding carboxylic acids is 3. The van der Waals surface area contributed by atoms with Crippen LogP contribution < -0.4 is 15.0 Å². The average molecular weight is 589 g/mol. The summed E-state index contributed by atoms with van der Waals surface area (Å²) in [7, 11) is -4.03. The molecule has 1 aliphatic heterocycles. The third kappa shape index (κ3) is 5.10.